The molecule has 2 nitrogen and oxygen atoms in total. The summed E-state index contributed by atoms with van der Waals surface area (Å²) < 4.78 is 0. The molecule has 1 aromatic carbocycles. The van der Waals surface area contributed by atoms with E-state index in [1.807, 2.05) is 31.2 Å². The Bertz CT molecular complexity index is 394. The van der Waals surface area contributed by atoms with Crippen molar-refractivity contribution in [3.8, 4) is 0 Å². The fourth-order valence-corrected chi connectivity index (χ4v) is 2.93. The number of hydrogen-bond donors (Lipinski definition) is 1. The van der Waals surface area contributed by atoms with E-state index in [0.717, 1.165) is 29.2 Å². The van der Waals surface area contributed by atoms with Crippen molar-refractivity contribution in [3.05, 3.63) is 29.3 Å². The predicted molar refractivity (Wildman–Crippen MR) is 83.9 cm³/mol. The fraction of sp³-hybridized carbons (Fsp3) is 0.533. The van der Waals surface area contributed by atoms with Gasteiger partial charge in [0.2, 0.25) is 5.91 Å². The summed E-state index contributed by atoms with van der Waals surface area (Å²) in [4.78, 5) is 13.3. The van der Waals surface area contributed by atoms with Crippen LogP contribution in [0.3, 0.4) is 0 Å². The van der Waals surface area contributed by atoms with Crippen LogP contribution in [0.4, 0.5) is 0 Å². The van der Waals surface area contributed by atoms with Gasteiger partial charge in [-0.2, -0.15) is 0 Å². The highest BCUT2D eigenvalue weighted by molar-refractivity contribution is 8.00. The Morgan fingerprint density at radius 1 is 1.32 bits per heavy atom. The molecule has 1 amide bonds. The van der Waals surface area contributed by atoms with Gasteiger partial charge in [-0.15, -0.1) is 11.8 Å². The number of carbonyl (C=O) groups excluding carboxylic acids is 1. The maximum atomic E-state index is 12.2. The van der Waals surface area contributed by atoms with Crippen molar-refractivity contribution in [2.75, 3.05) is 0 Å². The summed E-state index contributed by atoms with van der Waals surface area (Å²) in [6.45, 7) is 6.22. The zero-order valence-electron chi connectivity index (χ0n) is 11.8. The quantitative estimate of drug-likeness (QED) is 0.750. The van der Waals surface area contributed by atoms with E-state index < -0.39 is 0 Å². The standard InChI is InChI=1S/C15H22ClNOS/c1-4-6-11(3)17-15(18)14(5-2)19-13-9-7-12(16)8-10-13/h7-11,14H,4-6H2,1-3H3,(H,17,18)/t11-,14+/m0/s1. The first-order chi connectivity index (χ1) is 9.06. The molecule has 0 radical (unpaired) electrons. The summed E-state index contributed by atoms with van der Waals surface area (Å²) in [6.07, 6.45) is 2.92. The van der Waals surface area contributed by atoms with Gasteiger partial charge in [0.05, 0.1) is 5.25 Å². The van der Waals surface area contributed by atoms with Crippen molar-refractivity contribution in [2.45, 2.75) is 56.2 Å². The lowest BCUT2D eigenvalue weighted by Gasteiger charge is -2.18. The van der Waals surface area contributed by atoms with Crippen LogP contribution in [0.5, 0.6) is 0 Å². The third-order valence-electron chi connectivity index (χ3n) is 2.87. The number of carbonyl (C=O) groups is 1. The van der Waals surface area contributed by atoms with Gasteiger partial charge in [-0.05, 0) is 44.0 Å². The lowest BCUT2D eigenvalue weighted by molar-refractivity contribution is -0.121. The molecule has 0 unspecified atom stereocenters. The monoisotopic (exact) mass is 299 g/mol. The number of halogens is 1. The minimum atomic E-state index is -0.0412. The molecular weight excluding hydrogens is 278 g/mol. The summed E-state index contributed by atoms with van der Waals surface area (Å²) >= 11 is 7.45. The molecule has 19 heavy (non-hydrogen) atoms. The van der Waals surface area contributed by atoms with E-state index in [1.165, 1.54) is 0 Å². The van der Waals surface area contributed by atoms with E-state index in [0.29, 0.717) is 0 Å². The Morgan fingerprint density at radius 2 is 1.95 bits per heavy atom. The summed E-state index contributed by atoms with van der Waals surface area (Å²) in [5.41, 5.74) is 0. The molecule has 0 saturated heterocycles. The Kier molecular flexibility index (Phi) is 7.32. The van der Waals surface area contributed by atoms with Crippen molar-refractivity contribution < 1.29 is 4.79 Å². The Morgan fingerprint density at radius 3 is 2.47 bits per heavy atom. The van der Waals surface area contributed by atoms with Gasteiger partial charge >= 0.3 is 0 Å². The number of amides is 1. The molecule has 1 aromatic rings. The van der Waals surface area contributed by atoms with Gasteiger partial charge in [-0.3, -0.25) is 4.79 Å². The summed E-state index contributed by atoms with van der Waals surface area (Å²) in [5, 5.41) is 3.76. The number of hydrogen-bond acceptors (Lipinski definition) is 2. The predicted octanol–water partition coefficient (Wildman–Crippen LogP) is 4.52. The molecule has 0 aliphatic rings. The molecule has 0 aliphatic carbocycles. The molecule has 0 aliphatic heterocycles. The van der Waals surface area contributed by atoms with Gasteiger partial charge in [-0.25, -0.2) is 0 Å². The van der Waals surface area contributed by atoms with Crippen LogP contribution in [0, 0.1) is 0 Å². The van der Waals surface area contributed by atoms with E-state index in [9.17, 15) is 4.79 Å². The van der Waals surface area contributed by atoms with Crippen LogP contribution in [-0.4, -0.2) is 17.2 Å². The fourth-order valence-electron chi connectivity index (χ4n) is 1.84. The van der Waals surface area contributed by atoms with Gasteiger partial charge < -0.3 is 5.32 Å². The van der Waals surface area contributed by atoms with Gasteiger partial charge in [0, 0.05) is 16.0 Å². The molecule has 0 spiro atoms. The topological polar surface area (TPSA) is 29.1 Å². The zero-order valence-corrected chi connectivity index (χ0v) is 13.4. The average Bonchev–Trinajstić information content (AvgIpc) is 2.38. The zero-order chi connectivity index (χ0) is 14.3. The molecule has 4 heteroatoms. The lowest BCUT2D eigenvalue weighted by Crippen LogP contribution is -2.38. The Hall–Kier alpha value is -0.670. The molecule has 0 heterocycles. The second kappa shape index (κ2) is 8.49. The number of benzene rings is 1. The normalized spacial score (nSPS) is 13.9. The molecule has 106 valence electrons. The van der Waals surface area contributed by atoms with Crippen LogP contribution < -0.4 is 5.32 Å². The van der Waals surface area contributed by atoms with Crippen LogP contribution in [0.1, 0.15) is 40.0 Å². The summed E-state index contributed by atoms with van der Waals surface area (Å²) in [6, 6.07) is 7.87. The molecule has 1 N–H and O–H groups in total. The lowest BCUT2D eigenvalue weighted by atomic mass is 10.2. The Balaban J connectivity index is 2.57. The van der Waals surface area contributed by atoms with Crippen molar-refractivity contribution in [1.82, 2.24) is 5.32 Å². The van der Waals surface area contributed by atoms with Crippen molar-refractivity contribution >= 4 is 29.3 Å². The van der Waals surface area contributed by atoms with E-state index in [-0.39, 0.29) is 17.2 Å². The maximum absolute atomic E-state index is 12.2. The van der Waals surface area contributed by atoms with Gasteiger partial charge in [-0.1, -0.05) is 31.9 Å². The van der Waals surface area contributed by atoms with Gasteiger partial charge in [0.1, 0.15) is 0 Å². The molecular formula is C15H22ClNOS. The highest BCUT2D eigenvalue weighted by Gasteiger charge is 2.19. The summed E-state index contributed by atoms with van der Waals surface area (Å²) in [7, 11) is 0. The first-order valence-electron chi connectivity index (χ1n) is 6.79. The summed E-state index contributed by atoms with van der Waals surface area (Å²) in [5.74, 6) is 0.128. The third-order valence-corrected chi connectivity index (χ3v) is 4.49. The minimum absolute atomic E-state index is 0.0412. The minimum Gasteiger partial charge on any atom is -0.353 e. The molecule has 0 saturated carbocycles. The highest BCUT2D eigenvalue weighted by atomic mass is 35.5. The van der Waals surface area contributed by atoms with E-state index >= 15 is 0 Å². The molecule has 1 rings (SSSR count). The SMILES string of the molecule is CCC[C@H](C)NC(=O)[C@@H](CC)Sc1ccc(Cl)cc1. The van der Waals surface area contributed by atoms with Crippen molar-refractivity contribution in [3.63, 3.8) is 0 Å². The second-order valence-corrected chi connectivity index (χ2v) is 6.38. The third kappa shape index (κ3) is 5.87. The first-order valence-corrected chi connectivity index (χ1v) is 8.05. The van der Waals surface area contributed by atoms with Crippen LogP contribution in [0.15, 0.2) is 29.2 Å². The Labute approximate surface area is 125 Å². The largest absolute Gasteiger partial charge is 0.353 e. The highest BCUT2D eigenvalue weighted by Crippen LogP contribution is 2.26. The maximum Gasteiger partial charge on any atom is 0.233 e. The van der Waals surface area contributed by atoms with E-state index in [1.54, 1.807) is 11.8 Å². The first kappa shape index (κ1) is 16.4. The smallest absolute Gasteiger partial charge is 0.233 e. The van der Waals surface area contributed by atoms with Gasteiger partial charge in [0.25, 0.3) is 0 Å². The van der Waals surface area contributed by atoms with Crippen LogP contribution in [-0.2, 0) is 4.79 Å². The number of rotatable bonds is 7. The second-order valence-electron chi connectivity index (χ2n) is 4.67. The van der Waals surface area contributed by atoms with Crippen LogP contribution in [0.25, 0.3) is 0 Å². The van der Waals surface area contributed by atoms with Crippen molar-refractivity contribution in [2.24, 2.45) is 0 Å². The van der Waals surface area contributed by atoms with E-state index in [2.05, 4.69) is 19.2 Å². The molecule has 2 atom stereocenters. The van der Waals surface area contributed by atoms with E-state index in [4.69, 9.17) is 11.6 Å². The molecule has 0 bridgehead atoms. The van der Waals surface area contributed by atoms with Gasteiger partial charge in [0.15, 0.2) is 0 Å². The average molecular weight is 300 g/mol. The van der Waals surface area contributed by atoms with Crippen molar-refractivity contribution in [1.29, 1.82) is 0 Å². The molecule has 0 aromatic heterocycles. The van der Waals surface area contributed by atoms with Crippen LogP contribution >= 0.6 is 23.4 Å². The molecule has 0 fully saturated rings. The van der Waals surface area contributed by atoms with Crippen LogP contribution in [0.2, 0.25) is 5.02 Å². The number of nitrogens with one attached hydrogen (secondary N) is 1. The number of thioether (sulfide) groups is 1.